The molecule has 0 bridgehead atoms. The van der Waals surface area contributed by atoms with Crippen LogP contribution in [-0.4, -0.2) is 70.6 Å². The number of anilines is 1. The summed E-state index contributed by atoms with van der Waals surface area (Å²) in [5.41, 5.74) is 2.58. The molecule has 1 aliphatic heterocycles. The number of carbonyl (C=O) groups is 1. The van der Waals surface area contributed by atoms with Crippen molar-refractivity contribution in [2.75, 3.05) is 31.1 Å². The van der Waals surface area contributed by atoms with Crippen LogP contribution in [0, 0.1) is 23.6 Å². The summed E-state index contributed by atoms with van der Waals surface area (Å²) in [5.74, 6) is 4.33. The molecule has 246 valence electrons. The van der Waals surface area contributed by atoms with E-state index in [-0.39, 0.29) is 12.5 Å². The number of rotatable bonds is 9. The first kappa shape index (κ1) is 33.7. The van der Waals surface area contributed by atoms with Gasteiger partial charge in [-0.3, -0.25) is 23.3 Å². The molecule has 0 saturated carbocycles. The molecule has 47 heavy (non-hydrogen) atoms. The van der Waals surface area contributed by atoms with E-state index in [0.717, 1.165) is 20.2 Å². The van der Waals surface area contributed by atoms with E-state index in [1.54, 1.807) is 49.2 Å². The van der Waals surface area contributed by atoms with Crippen LogP contribution in [0.25, 0.3) is 10.9 Å². The quantitative estimate of drug-likeness (QED) is 0.207. The highest BCUT2D eigenvalue weighted by molar-refractivity contribution is 7.76. The third kappa shape index (κ3) is 7.36. The van der Waals surface area contributed by atoms with E-state index < -0.39 is 40.3 Å². The highest BCUT2D eigenvalue weighted by Gasteiger charge is 2.38. The van der Waals surface area contributed by atoms with Gasteiger partial charge in [0.2, 0.25) is 11.3 Å². The molecule has 1 fully saturated rings. The normalized spacial score (nSPS) is 15.1. The number of hydrogen-bond donors (Lipinski definition) is 2. The second-order valence-corrected chi connectivity index (χ2v) is 12.4. The fraction of sp³-hybridized carbons (Fsp3) is 0.324. The second kappa shape index (κ2) is 14.4. The van der Waals surface area contributed by atoms with Gasteiger partial charge >= 0.3 is 11.7 Å². The van der Waals surface area contributed by atoms with Gasteiger partial charge in [-0.1, -0.05) is 37.8 Å². The summed E-state index contributed by atoms with van der Waals surface area (Å²) in [6.45, 7) is 7.45. The molecule has 4 aromatic rings. The Labute approximate surface area is 273 Å². The number of benzene rings is 3. The Morgan fingerprint density at radius 2 is 1.55 bits per heavy atom. The molecule has 1 saturated heterocycles. The van der Waals surface area contributed by atoms with E-state index in [0.29, 0.717) is 54.8 Å². The van der Waals surface area contributed by atoms with Gasteiger partial charge in [0.15, 0.2) is 0 Å². The number of hydrazine groups is 1. The monoisotopic (exact) mass is 661 g/mol. The van der Waals surface area contributed by atoms with Crippen molar-refractivity contribution in [1.29, 1.82) is 0 Å². The second-order valence-electron chi connectivity index (χ2n) is 11.6. The van der Waals surface area contributed by atoms with Crippen molar-refractivity contribution >= 4 is 33.8 Å². The van der Waals surface area contributed by atoms with E-state index in [9.17, 15) is 32.6 Å². The first-order valence-corrected chi connectivity index (χ1v) is 16.3. The van der Waals surface area contributed by atoms with Crippen LogP contribution in [0.15, 0.2) is 76.3 Å². The number of aryl methyl sites for hydroxylation is 1. The van der Waals surface area contributed by atoms with Gasteiger partial charge in [0.1, 0.15) is 11.9 Å². The molecule has 13 heteroatoms. The molecule has 2 atom stereocenters. The highest BCUT2D eigenvalue weighted by atomic mass is 32.2. The number of carboxylic acids is 1. The van der Waals surface area contributed by atoms with Crippen molar-refractivity contribution in [3.8, 4) is 11.8 Å². The maximum atomic E-state index is 13.5. The smallest absolute Gasteiger partial charge is 0.331 e. The number of carboxylic acid groups (broad SMARTS) is 1. The first-order chi connectivity index (χ1) is 22.5. The van der Waals surface area contributed by atoms with Gasteiger partial charge in [-0.05, 0) is 73.0 Å². The SMILES string of the molecule is CCn1c(=O)n(Cc2ccc(F)cc2)c(=O)c2cc(C#Cc3ccc(N4CCN(N(C(C(=O)O)C(C)C)S(=O)O)CC4)cc3)ccc21. The van der Waals surface area contributed by atoms with Crippen molar-refractivity contribution < 1.29 is 23.1 Å². The van der Waals surface area contributed by atoms with Gasteiger partial charge < -0.3 is 10.0 Å². The summed E-state index contributed by atoms with van der Waals surface area (Å²) in [7, 11) is 0. The molecule has 2 N–H and O–H groups in total. The maximum Gasteiger partial charge on any atom is 0.331 e. The molecule has 0 amide bonds. The molecule has 2 unspecified atom stereocenters. The summed E-state index contributed by atoms with van der Waals surface area (Å²) < 4.78 is 39.1. The summed E-state index contributed by atoms with van der Waals surface area (Å²) >= 11 is -2.47. The van der Waals surface area contributed by atoms with Crippen LogP contribution in [0.2, 0.25) is 0 Å². The number of hydrogen-bond acceptors (Lipinski definition) is 6. The molecular weight excluding hydrogens is 625 g/mol. The van der Waals surface area contributed by atoms with Crippen LogP contribution in [0.5, 0.6) is 0 Å². The summed E-state index contributed by atoms with van der Waals surface area (Å²) in [4.78, 5) is 40.5. The predicted octanol–water partition coefficient (Wildman–Crippen LogP) is 3.36. The topological polar surface area (TPSA) is 128 Å². The van der Waals surface area contributed by atoms with Crippen molar-refractivity contribution in [3.63, 3.8) is 0 Å². The first-order valence-electron chi connectivity index (χ1n) is 15.2. The number of aromatic nitrogens is 2. The Kier molecular flexibility index (Phi) is 10.4. The molecule has 5 rings (SSSR count). The minimum Gasteiger partial charge on any atom is -0.480 e. The average molecular weight is 662 g/mol. The molecule has 2 heterocycles. The lowest BCUT2D eigenvalue weighted by Crippen LogP contribution is -2.60. The van der Waals surface area contributed by atoms with Crippen LogP contribution in [0.4, 0.5) is 10.1 Å². The van der Waals surface area contributed by atoms with E-state index in [1.807, 2.05) is 31.2 Å². The van der Waals surface area contributed by atoms with Gasteiger partial charge in [0, 0.05) is 49.5 Å². The number of nitrogens with zero attached hydrogens (tertiary/aromatic N) is 5. The van der Waals surface area contributed by atoms with Gasteiger partial charge in [-0.2, -0.15) is 0 Å². The fourth-order valence-corrected chi connectivity index (χ4v) is 6.67. The van der Waals surface area contributed by atoms with Crippen LogP contribution in [0.1, 0.15) is 37.5 Å². The van der Waals surface area contributed by atoms with E-state index >= 15 is 0 Å². The Morgan fingerprint density at radius 3 is 2.13 bits per heavy atom. The van der Waals surface area contributed by atoms with Gasteiger partial charge in [-0.15, -0.1) is 4.41 Å². The molecule has 1 aromatic heterocycles. The largest absolute Gasteiger partial charge is 0.480 e. The van der Waals surface area contributed by atoms with E-state index in [1.165, 1.54) is 16.7 Å². The third-order valence-electron chi connectivity index (χ3n) is 8.20. The lowest BCUT2D eigenvalue weighted by Gasteiger charge is -2.42. The number of halogens is 1. The van der Waals surface area contributed by atoms with Crippen LogP contribution >= 0.6 is 0 Å². The van der Waals surface area contributed by atoms with Gasteiger partial charge in [-0.25, -0.2) is 18.4 Å². The van der Waals surface area contributed by atoms with Crippen molar-refractivity contribution in [2.45, 2.75) is 39.9 Å². The number of aliphatic carboxylic acids is 1. The Morgan fingerprint density at radius 1 is 0.936 bits per heavy atom. The standard InChI is InChI=1S/C34H36FN5O6S/c1-4-38-30-16-11-25(21-29(30)32(41)39(34(38)44)22-26-7-12-27(35)13-8-26)6-5-24-9-14-28(15-10-24)36-17-19-37(20-18-36)40(47(45)46)31(23(2)3)33(42)43/h7-16,21,23,31H,4,17-20,22H2,1-3H3,(H,42,43)(H,45,46). The summed E-state index contributed by atoms with van der Waals surface area (Å²) in [6.07, 6.45) is 0. The van der Waals surface area contributed by atoms with E-state index in [4.69, 9.17) is 0 Å². The highest BCUT2D eigenvalue weighted by Crippen LogP contribution is 2.22. The minimum absolute atomic E-state index is 0.0190. The van der Waals surface area contributed by atoms with E-state index in [2.05, 4.69) is 16.7 Å². The molecule has 0 radical (unpaired) electrons. The fourth-order valence-electron chi connectivity index (χ4n) is 5.78. The zero-order chi connectivity index (χ0) is 33.8. The van der Waals surface area contributed by atoms with Crippen LogP contribution in [0.3, 0.4) is 0 Å². The van der Waals surface area contributed by atoms with Gasteiger partial charge in [0.05, 0.1) is 17.4 Å². The van der Waals surface area contributed by atoms with Crippen molar-refractivity contribution in [3.05, 3.63) is 110 Å². The summed E-state index contributed by atoms with van der Waals surface area (Å²) in [5, 5.41) is 11.6. The molecule has 3 aromatic carbocycles. The molecular formula is C34H36FN5O6S. The molecule has 0 aliphatic carbocycles. The lowest BCUT2D eigenvalue weighted by atomic mass is 10.1. The zero-order valence-corrected chi connectivity index (χ0v) is 27.1. The summed E-state index contributed by atoms with van der Waals surface area (Å²) in [6, 6.07) is 17.4. The molecule has 0 spiro atoms. The van der Waals surface area contributed by atoms with Crippen LogP contribution in [-0.2, 0) is 29.2 Å². The third-order valence-corrected chi connectivity index (χ3v) is 8.97. The Hall–Kier alpha value is -4.61. The van der Waals surface area contributed by atoms with Crippen molar-refractivity contribution in [1.82, 2.24) is 18.6 Å². The maximum absolute atomic E-state index is 13.5. The van der Waals surface area contributed by atoms with Crippen LogP contribution < -0.4 is 16.1 Å². The molecule has 1 aliphatic rings. The number of piperazine rings is 1. The lowest BCUT2D eigenvalue weighted by molar-refractivity contribution is -0.148. The predicted molar refractivity (Wildman–Crippen MR) is 179 cm³/mol. The van der Waals surface area contributed by atoms with Gasteiger partial charge in [0.25, 0.3) is 5.56 Å². The number of fused-ring (bicyclic) bond motifs is 1. The minimum atomic E-state index is -2.47. The zero-order valence-electron chi connectivity index (χ0n) is 26.3. The Balaban J connectivity index is 1.32. The average Bonchev–Trinajstić information content (AvgIpc) is 3.05. The Bertz CT molecular complexity index is 1970. The van der Waals surface area contributed by atoms with Crippen molar-refractivity contribution in [2.24, 2.45) is 5.92 Å². The molecule has 11 nitrogen and oxygen atoms in total.